The van der Waals surface area contributed by atoms with Crippen LogP contribution in [0.4, 0.5) is 5.69 Å². The second-order valence-electron chi connectivity index (χ2n) is 7.99. The summed E-state index contributed by atoms with van der Waals surface area (Å²) >= 11 is 6.10. The predicted molar refractivity (Wildman–Crippen MR) is 133 cm³/mol. The largest absolute Gasteiger partial charge is 0.354 e. The molecule has 0 aliphatic heterocycles. The third kappa shape index (κ3) is 7.75. The molecule has 0 saturated heterocycles. The number of nitrogens with one attached hydrogen (secondary N) is 1. The highest BCUT2D eigenvalue weighted by Gasteiger charge is 2.30. The molecule has 7 nitrogen and oxygen atoms in total. The molecular weight excluding hydrogens is 462 g/mol. The number of sulfonamides is 1. The molecule has 33 heavy (non-hydrogen) atoms. The molecular formula is C24H32ClN3O4S. The lowest BCUT2D eigenvalue weighted by atomic mass is 10.1. The maximum absolute atomic E-state index is 13.4. The number of nitrogens with zero attached hydrogens (tertiary/aromatic N) is 2. The lowest BCUT2D eigenvalue weighted by Gasteiger charge is -2.32. The van der Waals surface area contributed by atoms with Gasteiger partial charge in [0.15, 0.2) is 0 Å². The van der Waals surface area contributed by atoms with E-state index in [0.717, 1.165) is 22.5 Å². The van der Waals surface area contributed by atoms with Crippen LogP contribution >= 0.6 is 11.6 Å². The normalized spacial score (nSPS) is 12.2. The molecule has 2 aromatic rings. The van der Waals surface area contributed by atoms with Crippen LogP contribution in [0, 0.1) is 6.92 Å². The molecule has 9 heteroatoms. The molecule has 0 aliphatic carbocycles. The molecule has 2 amide bonds. The minimum atomic E-state index is -3.79. The molecule has 0 aliphatic rings. The van der Waals surface area contributed by atoms with E-state index in [4.69, 9.17) is 11.6 Å². The van der Waals surface area contributed by atoms with Crippen molar-refractivity contribution in [2.24, 2.45) is 0 Å². The maximum atomic E-state index is 13.4. The van der Waals surface area contributed by atoms with Crippen LogP contribution in [0.25, 0.3) is 0 Å². The highest BCUT2D eigenvalue weighted by Crippen LogP contribution is 2.26. The van der Waals surface area contributed by atoms with Gasteiger partial charge < -0.3 is 10.2 Å². The van der Waals surface area contributed by atoms with E-state index in [1.54, 1.807) is 26.0 Å². The van der Waals surface area contributed by atoms with Crippen molar-refractivity contribution in [3.8, 4) is 0 Å². The van der Waals surface area contributed by atoms with Crippen molar-refractivity contribution in [3.05, 3.63) is 64.7 Å². The van der Waals surface area contributed by atoms with Gasteiger partial charge in [-0.2, -0.15) is 0 Å². The molecule has 0 heterocycles. The number of aryl methyl sites for hydroxylation is 1. The molecule has 0 spiro atoms. The Balaban J connectivity index is 2.33. The van der Waals surface area contributed by atoms with Crippen molar-refractivity contribution in [1.29, 1.82) is 0 Å². The second kappa shape index (κ2) is 12.0. The summed E-state index contributed by atoms with van der Waals surface area (Å²) in [6.07, 6.45) is 2.35. The fourth-order valence-electron chi connectivity index (χ4n) is 3.41. The van der Waals surface area contributed by atoms with Crippen molar-refractivity contribution in [2.75, 3.05) is 30.2 Å². The highest BCUT2D eigenvalue weighted by atomic mass is 35.5. The van der Waals surface area contributed by atoms with E-state index in [1.165, 1.54) is 11.0 Å². The van der Waals surface area contributed by atoms with E-state index >= 15 is 0 Å². The minimum Gasteiger partial charge on any atom is -0.354 e. The number of hydrogen-bond donors (Lipinski definition) is 1. The average Bonchev–Trinajstić information content (AvgIpc) is 2.77. The quantitative estimate of drug-likeness (QED) is 0.519. The van der Waals surface area contributed by atoms with Crippen molar-refractivity contribution >= 4 is 39.1 Å². The summed E-state index contributed by atoms with van der Waals surface area (Å²) in [5, 5.41) is 3.18. The zero-order valence-electron chi connectivity index (χ0n) is 19.5. The first-order chi connectivity index (χ1) is 15.5. The first-order valence-electron chi connectivity index (χ1n) is 10.9. The van der Waals surface area contributed by atoms with Crippen LogP contribution in [0.15, 0.2) is 48.5 Å². The number of rotatable bonds is 11. The Morgan fingerprint density at radius 3 is 2.39 bits per heavy atom. The summed E-state index contributed by atoms with van der Waals surface area (Å²) in [7, 11) is -3.79. The predicted octanol–water partition coefficient (Wildman–Crippen LogP) is 3.40. The molecule has 180 valence electrons. The van der Waals surface area contributed by atoms with Gasteiger partial charge in [0.25, 0.3) is 0 Å². The van der Waals surface area contributed by atoms with Crippen molar-refractivity contribution in [2.45, 2.75) is 39.7 Å². The molecule has 0 saturated carbocycles. The average molecular weight is 494 g/mol. The van der Waals surface area contributed by atoms with Crippen molar-refractivity contribution in [3.63, 3.8) is 0 Å². The Kier molecular flexibility index (Phi) is 9.73. The smallest absolute Gasteiger partial charge is 0.244 e. The van der Waals surface area contributed by atoms with Crippen LogP contribution in [0.5, 0.6) is 0 Å². The lowest BCUT2D eigenvalue weighted by molar-refractivity contribution is -0.138. The molecule has 0 aromatic heterocycles. The topological polar surface area (TPSA) is 86.8 Å². The number of benzene rings is 2. The first-order valence-corrected chi connectivity index (χ1v) is 13.1. The molecule has 1 unspecified atom stereocenters. The standard InChI is InChI=1S/C24H32ClN3O4S/c1-5-14-26-24(30)19(3)27(15-13-20-9-7-6-8-10-20)23(29)17-28(33(4,31)32)22-16-21(25)12-11-18(22)2/h6-12,16,19H,5,13-15,17H2,1-4H3,(H,26,30). The van der Waals surface area contributed by atoms with Crippen LogP contribution in [-0.4, -0.2) is 57.1 Å². The van der Waals surface area contributed by atoms with Crippen LogP contribution in [0.3, 0.4) is 0 Å². The summed E-state index contributed by atoms with van der Waals surface area (Å²) in [5.74, 6) is -0.738. The van der Waals surface area contributed by atoms with E-state index < -0.39 is 28.5 Å². The van der Waals surface area contributed by atoms with Gasteiger partial charge in [-0.1, -0.05) is 54.9 Å². The van der Waals surface area contributed by atoms with Gasteiger partial charge in [-0.15, -0.1) is 0 Å². The zero-order valence-corrected chi connectivity index (χ0v) is 21.1. The molecule has 1 atom stereocenters. The van der Waals surface area contributed by atoms with Crippen LogP contribution in [0.2, 0.25) is 5.02 Å². The number of carbonyl (C=O) groups is 2. The third-order valence-electron chi connectivity index (χ3n) is 5.32. The number of carbonyl (C=O) groups excluding carboxylic acids is 2. The van der Waals surface area contributed by atoms with Gasteiger partial charge in [-0.3, -0.25) is 13.9 Å². The van der Waals surface area contributed by atoms with E-state index in [1.807, 2.05) is 37.3 Å². The molecule has 0 bridgehead atoms. The first kappa shape index (κ1) is 26.7. The van der Waals surface area contributed by atoms with Gasteiger partial charge in [-0.25, -0.2) is 8.42 Å². The molecule has 0 radical (unpaired) electrons. The number of halogens is 1. The Bertz CT molecular complexity index is 1060. The fraction of sp³-hybridized carbons (Fsp3) is 0.417. The SMILES string of the molecule is CCCNC(=O)C(C)N(CCc1ccccc1)C(=O)CN(c1cc(Cl)ccc1C)S(C)(=O)=O. The molecule has 0 fully saturated rings. The van der Waals surface area contributed by atoms with Gasteiger partial charge in [0.05, 0.1) is 11.9 Å². The second-order valence-corrected chi connectivity index (χ2v) is 10.3. The molecule has 2 aromatic carbocycles. The minimum absolute atomic E-state index is 0.274. The fourth-order valence-corrected chi connectivity index (χ4v) is 4.48. The summed E-state index contributed by atoms with van der Waals surface area (Å²) < 4.78 is 26.3. The van der Waals surface area contributed by atoms with Crippen LogP contribution < -0.4 is 9.62 Å². The van der Waals surface area contributed by atoms with Gasteiger partial charge in [0.1, 0.15) is 12.6 Å². The molecule has 1 N–H and O–H groups in total. The highest BCUT2D eigenvalue weighted by molar-refractivity contribution is 7.92. The van der Waals surface area contributed by atoms with Gasteiger partial charge in [0.2, 0.25) is 21.8 Å². The Labute approximate surface area is 201 Å². The monoisotopic (exact) mass is 493 g/mol. The number of anilines is 1. The Hall–Kier alpha value is -2.58. The zero-order chi connectivity index (χ0) is 24.6. The van der Waals surface area contributed by atoms with Gasteiger partial charge >= 0.3 is 0 Å². The Morgan fingerprint density at radius 1 is 1.12 bits per heavy atom. The Morgan fingerprint density at radius 2 is 1.79 bits per heavy atom. The van der Waals surface area contributed by atoms with Gasteiger partial charge in [-0.05, 0) is 49.9 Å². The summed E-state index contributed by atoms with van der Waals surface area (Å²) in [5.41, 5.74) is 2.02. The molecule has 2 rings (SSSR count). The van der Waals surface area contributed by atoms with E-state index in [0.29, 0.717) is 29.2 Å². The number of hydrogen-bond acceptors (Lipinski definition) is 4. The summed E-state index contributed by atoms with van der Waals surface area (Å²) in [6.45, 7) is 5.70. The van der Waals surface area contributed by atoms with Crippen LogP contribution in [-0.2, 0) is 26.0 Å². The van der Waals surface area contributed by atoms with E-state index in [9.17, 15) is 18.0 Å². The van der Waals surface area contributed by atoms with Crippen molar-refractivity contribution < 1.29 is 18.0 Å². The third-order valence-corrected chi connectivity index (χ3v) is 6.68. The summed E-state index contributed by atoms with van der Waals surface area (Å²) in [6, 6.07) is 13.8. The van der Waals surface area contributed by atoms with Gasteiger partial charge in [0, 0.05) is 18.1 Å². The van der Waals surface area contributed by atoms with Crippen LogP contribution in [0.1, 0.15) is 31.4 Å². The number of amides is 2. The van der Waals surface area contributed by atoms with Crippen molar-refractivity contribution in [1.82, 2.24) is 10.2 Å². The maximum Gasteiger partial charge on any atom is 0.244 e. The summed E-state index contributed by atoms with van der Waals surface area (Å²) in [4.78, 5) is 27.5. The van der Waals surface area contributed by atoms with E-state index in [-0.39, 0.29) is 12.5 Å². The lowest BCUT2D eigenvalue weighted by Crippen LogP contribution is -2.52. The van der Waals surface area contributed by atoms with E-state index in [2.05, 4.69) is 5.32 Å².